The van der Waals surface area contributed by atoms with Crippen molar-refractivity contribution in [2.75, 3.05) is 6.61 Å². The Morgan fingerprint density at radius 3 is 2.69 bits per heavy atom. The molecule has 2 fully saturated rings. The van der Waals surface area contributed by atoms with Crippen LogP contribution >= 0.6 is 0 Å². The molecule has 0 spiro atoms. The van der Waals surface area contributed by atoms with Gasteiger partial charge >= 0.3 is 0 Å². The van der Waals surface area contributed by atoms with Gasteiger partial charge in [0, 0.05) is 12.5 Å². The summed E-state index contributed by atoms with van der Waals surface area (Å²) in [5.41, 5.74) is 0.479. The highest BCUT2D eigenvalue weighted by atomic mass is 19.3. The van der Waals surface area contributed by atoms with Gasteiger partial charge < -0.3 is 14.6 Å². The molecule has 4 rings (SSSR count). The molecule has 0 aliphatic heterocycles. The summed E-state index contributed by atoms with van der Waals surface area (Å²) in [5, 5.41) is 7.06. The van der Waals surface area contributed by atoms with Crippen molar-refractivity contribution in [2.24, 2.45) is 5.92 Å². The van der Waals surface area contributed by atoms with Crippen LogP contribution in [-0.2, 0) is 5.54 Å². The lowest BCUT2D eigenvalue weighted by Crippen LogP contribution is -2.44. The van der Waals surface area contributed by atoms with E-state index in [4.69, 9.17) is 9.26 Å². The predicted molar refractivity (Wildman–Crippen MR) is 101 cm³/mol. The van der Waals surface area contributed by atoms with Gasteiger partial charge in [-0.1, -0.05) is 24.1 Å². The third kappa shape index (κ3) is 4.74. The topological polar surface area (TPSA) is 77.2 Å². The molecule has 1 amide bonds. The molecule has 1 atom stereocenters. The zero-order valence-corrected chi connectivity index (χ0v) is 16.6. The number of amides is 1. The van der Waals surface area contributed by atoms with Crippen LogP contribution < -0.4 is 10.1 Å². The molecular formula is C21H25F2N3O3. The summed E-state index contributed by atoms with van der Waals surface area (Å²) in [6.07, 6.45) is 2.39. The first kappa shape index (κ1) is 19.8. The molecule has 1 heterocycles. The maximum atomic E-state index is 13.0. The first-order chi connectivity index (χ1) is 13.8. The Kier molecular flexibility index (Phi) is 5.27. The molecule has 2 aliphatic rings. The van der Waals surface area contributed by atoms with E-state index in [9.17, 15) is 13.6 Å². The number of nitrogens with one attached hydrogen (secondary N) is 1. The van der Waals surface area contributed by atoms with Crippen LogP contribution in [0.4, 0.5) is 8.78 Å². The lowest BCUT2D eigenvalue weighted by atomic mass is 9.93. The zero-order valence-electron chi connectivity index (χ0n) is 16.6. The number of hydrogen-bond donors (Lipinski definition) is 1. The molecule has 2 aromatic rings. The Morgan fingerprint density at radius 2 is 2.10 bits per heavy atom. The summed E-state index contributed by atoms with van der Waals surface area (Å²) >= 11 is 0. The third-order valence-electron chi connectivity index (χ3n) is 5.46. The van der Waals surface area contributed by atoms with Crippen LogP contribution in [0.5, 0.6) is 5.75 Å². The summed E-state index contributed by atoms with van der Waals surface area (Å²) < 4.78 is 35.7. The Labute approximate surface area is 168 Å². The van der Waals surface area contributed by atoms with Crippen LogP contribution in [-0.4, -0.2) is 29.1 Å². The quantitative estimate of drug-likeness (QED) is 0.671. The van der Waals surface area contributed by atoms with Gasteiger partial charge in [0.25, 0.3) is 12.3 Å². The Bertz CT molecular complexity index is 893. The molecule has 156 valence electrons. The van der Waals surface area contributed by atoms with Crippen molar-refractivity contribution in [3.8, 4) is 5.75 Å². The number of rotatable bonds is 9. The maximum Gasteiger partial charge on any atom is 0.272 e. The van der Waals surface area contributed by atoms with E-state index in [0.717, 1.165) is 31.2 Å². The number of benzene rings is 1. The molecule has 0 saturated heterocycles. The average Bonchev–Trinajstić information content (AvgIpc) is 3.60. The molecule has 0 radical (unpaired) electrons. The number of carbonyl (C=O) groups is 1. The van der Waals surface area contributed by atoms with Crippen LogP contribution in [0.15, 0.2) is 22.7 Å². The summed E-state index contributed by atoms with van der Waals surface area (Å²) in [7, 11) is 0. The highest BCUT2D eigenvalue weighted by Crippen LogP contribution is 2.45. The van der Waals surface area contributed by atoms with Crippen molar-refractivity contribution in [1.29, 1.82) is 0 Å². The molecule has 6 nitrogen and oxygen atoms in total. The number of hydrogen-bond acceptors (Lipinski definition) is 5. The van der Waals surface area contributed by atoms with Gasteiger partial charge in [-0.2, -0.15) is 4.98 Å². The summed E-state index contributed by atoms with van der Waals surface area (Å²) in [5.74, 6) is 1.76. The Hall–Kier alpha value is -2.51. The first-order valence-corrected chi connectivity index (χ1v) is 10.0. The lowest BCUT2D eigenvalue weighted by molar-refractivity contribution is 0.0812. The van der Waals surface area contributed by atoms with Crippen molar-refractivity contribution in [3.05, 3.63) is 41.0 Å². The van der Waals surface area contributed by atoms with Gasteiger partial charge in [0.2, 0.25) is 5.89 Å². The van der Waals surface area contributed by atoms with Crippen molar-refractivity contribution >= 4 is 5.91 Å². The smallest absolute Gasteiger partial charge is 0.272 e. The zero-order chi connectivity index (χ0) is 20.6. The number of alkyl halides is 2. The first-order valence-electron chi connectivity index (χ1n) is 10.0. The Morgan fingerprint density at radius 1 is 1.34 bits per heavy atom. The van der Waals surface area contributed by atoms with E-state index in [1.165, 1.54) is 0 Å². The van der Waals surface area contributed by atoms with E-state index in [0.29, 0.717) is 41.3 Å². The average molecular weight is 405 g/mol. The monoisotopic (exact) mass is 405 g/mol. The van der Waals surface area contributed by atoms with Crippen LogP contribution in [0.1, 0.15) is 72.6 Å². The second kappa shape index (κ2) is 7.72. The van der Waals surface area contributed by atoms with Gasteiger partial charge in [-0.15, -0.1) is 0 Å². The van der Waals surface area contributed by atoms with Crippen molar-refractivity contribution in [1.82, 2.24) is 15.5 Å². The highest BCUT2D eigenvalue weighted by molar-refractivity contribution is 5.95. The highest BCUT2D eigenvalue weighted by Gasteiger charge is 2.39. The van der Waals surface area contributed by atoms with E-state index in [-0.39, 0.29) is 5.91 Å². The number of carbonyl (C=O) groups excluding carboxylic acids is 1. The number of aryl methyl sites for hydroxylation is 1. The largest absolute Gasteiger partial charge is 0.487 e. The SMILES string of the molecule is Cc1nc(C(C)(CC2CC2)NC(=O)c2ccc(C3CC3)c(OCC(F)F)c2)no1. The molecule has 1 aromatic heterocycles. The van der Waals surface area contributed by atoms with E-state index >= 15 is 0 Å². The maximum absolute atomic E-state index is 13.0. The Balaban J connectivity index is 1.56. The van der Waals surface area contributed by atoms with Crippen LogP contribution in [0.2, 0.25) is 0 Å². The standard InChI is InChI=1S/C21H25F2N3O3/c1-12-24-20(26-29-12)21(2,10-13-3-4-13)25-19(27)15-7-8-16(14-5-6-14)17(9-15)28-11-18(22)23/h7-9,13-14,18H,3-6,10-11H2,1-2H3,(H,25,27). The third-order valence-corrected chi connectivity index (χ3v) is 5.46. The van der Waals surface area contributed by atoms with Crippen molar-refractivity contribution in [2.45, 2.75) is 63.8 Å². The second-order valence-electron chi connectivity index (χ2n) is 8.30. The molecule has 1 N–H and O–H groups in total. The van der Waals surface area contributed by atoms with Gasteiger partial charge in [-0.3, -0.25) is 4.79 Å². The van der Waals surface area contributed by atoms with E-state index in [2.05, 4.69) is 15.5 Å². The molecule has 2 saturated carbocycles. The molecule has 1 aromatic carbocycles. The number of aromatic nitrogens is 2. The molecule has 2 aliphatic carbocycles. The van der Waals surface area contributed by atoms with Gasteiger partial charge in [-0.05, 0) is 55.7 Å². The number of ether oxygens (including phenoxy) is 1. The summed E-state index contributed by atoms with van der Waals surface area (Å²) in [6.45, 7) is 2.91. The fourth-order valence-electron chi connectivity index (χ4n) is 3.63. The molecular weight excluding hydrogens is 380 g/mol. The fraction of sp³-hybridized carbons (Fsp3) is 0.571. The van der Waals surface area contributed by atoms with Gasteiger partial charge in [0.15, 0.2) is 5.82 Å². The van der Waals surface area contributed by atoms with Crippen LogP contribution in [0, 0.1) is 12.8 Å². The minimum atomic E-state index is -2.57. The minimum Gasteiger partial charge on any atom is -0.487 e. The molecule has 0 bridgehead atoms. The van der Waals surface area contributed by atoms with E-state index in [1.54, 1.807) is 19.1 Å². The minimum absolute atomic E-state index is 0.320. The molecule has 29 heavy (non-hydrogen) atoms. The van der Waals surface area contributed by atoms with Crippen LogP contribution in [0.3, 0.4) is 0 Å². The van der Waals surface area contributed by atoms with E-state index in [1.807, 2.05) is 13.0 Å². The van der Waals surface area contributed by atoms with Crippen molar-refractivity contribution in [3.63, 3.8) is 0 Å². The molecule has 8 heteroatoms. The van der Waals surface area contributed by atoms with Crippen molar-refractivity contribution < 1.29 is 22.8 Å². The van der Waals surface area contributed by atoms with Gasteiger partial charge in [0.05, 0.1) is 0 Å². The number of halogens is 2. The fourth-order valence-corrected chi connectivity index (χ4v) is 3.63. The van der Waals surface area contributed by atoms with Gasteiger partial charge in [-0.25, -0.2) is 8.78 Å². The predicted octanol–water partition coefficient (Wildman–Crippen LogP) is 4.34. The normalized spacial score (nSPS) is 18.5. The summed E-state index contributed by atoms with van der Waals surface area (Å²) in [4.78, 5) is 17.4. The summed E-state index contributed by atoms with van der Waals surface area (Å²) in [6, 6.07) is 5.09. The molecule has 1 unspecified atom stereocenters. The lowest BCUT2D eigenvalue weighted by Gasteiger charge is -2.28. The van der Waals surface area contributed by atoms with Gasteiger partial charge in [0.1, 0.15) is 17.9 Å². The number of nitrogens with zero attached hydrogens (tertiary/aromatic N) is 2. The second-order valence-corrected chi connectivity index (χ2v) is 8.30. The van der Waals surface area contributed by atoms with E-state index < -0.39 is 18.6 Å². The van der Waals surface area contributed by atoms with Crippen LogP contribution in [0.25, 0.3) is 0 Å².